The van der Waals surface area contributed by atoms with Crippen LogP contribution in [-0.2, 0) is 19.1 Å². The standard InChI is InChI=1S/C16H22O4/c1-3-5-11-19-15(17)13-9-7-8-10-14(13)16(18)20-12-6-4-2/h3-7,9,13-14H,8,10-12H2,1-2H3/b5-3+,6-4+. The van der Waals surface area contributed by atoms with E-state index in [2.05, 4.69) is 0 Å². The van der Waals surface area contributed by atoms with E-state index in [9.17, 15) is 9.59 Å². The Morgan fingerprint density at radius 1 is 1.10 bits per heavy atom. The molecule has 4 heteroatoms. The van der Waals surface area contributed by atoms with Crippen molar-refractivity contribution < 1.29 is 19.1 Å². The van der Waals surface area contributed by atoms with Crippen LogP contribution in [0.2, 0.25) is 0 Å². The second-order valence-corrected chi connectivity index (χ2v) is 4.54. The molecule has 0 bridgehead atoms. The molecule has 0 saturated carbocycles. The lowest BCUT2D eigenvalue weighted by Crippen LogP contribution is -2.33. The molecule has 0 aliphatic heterocycles. The molecule has 0 radical (unpaired) electrons. The van der Waals surface area contributed by atoms with Gasteiger partial charge in [-0.05, 0) is 26.7 Å². The third kappa shape index (κ3) is 5.03. The van der Waals surface area contributed by atoms with E-state index in [1.165, 1.54) is 0 Å². The van der Waals surface area contributed by atoms with Gasteiger partial charge in [0.2, 0.25) is 0 Å². The van der Waals surface area contributed by atoms with E-state index < -0.39 is 11.8 Å². The first-order valence-corrected chi connectivity index (χ1v) is 6.93. The van der Waals surface area contributed by atoms with Crippen molar-refractivity contribution in [3.8, 4) is 0 Å². The molecule has 0 saturated heterocycles. The summed E-state index contributed by atoms with van der Waals surface area (Å²) in [5, 5.41) is 0. The van der Waals surface area contributed by atoms with Crippen LogP contribution in [0.3, 0.4) is 0 Å². The summed E-state index contributed by atoms with van der Waals surface area (Å²) in [4.78, 5) is 24.0. The minimum absolute atomic E-state index is 0.236. The molecule has 0 heterocycles. The Balaban J connectivity index is 2.60. The van der Waals surface area contributed by atoms with Crippen molar-refractivity contribution in [2.45, 2.75) is 26.7 Å². The van der Waals surface area contributed by atoms with Crippen molar-refractivity contribution >= 4 is 11.9 Å². The topological polar surface area (TPSA) is 52.6 Å². The minimum atomic E-state index is -0.535. The van der Waals surface area contributed by atoms with Gasteiger partial charge in [0.25, 0.3) is 0 Å². The van der Waals surface area contributed by atoms with Gasteiger partial charge in [-0.15, -0.1) is 0 Å². The van der Waals surface area contributed by atoms with Crippen molar-refractivity contribution in [2.75, 3.05) is 13.2 Å². The van der Waals surface area contributed by atoms with Crippen LogP contribution in [0, 0.1) is 11.8 Å². The molecule has 0 amide bonds. The van der Waals surface area contributed by atoms with Crippen molar-refractivity contribution in [3.63, 3.8) is 0 Å². The van der Waals surface area contributed by atoms with Crippen molar-refractivity contribution in [3.05, 3.63) is 36.5 Å². The largest absolute Gasteiger partial charge is 0.461 e. The van der Waals surface area contributed by atoms with Crippen molar-refractivity contribution in [1.29, 1.82) is 0 Å². The predicted octanol–water partition coefficient (Wildman–Crippen LogP) is 2.81. The molecule has 20 heavy (non-hydrogen) atoms. The molecule has 2 unspecified atom stereocenters. The molecule has 110 valence electrons. The molecule has 0 aromatic carbocycles. The Kier molecular flexibility index (Phi) is 7.40. The summed E-state index contributed by atoms with van der Waals surface area (Å²) in [5.74, 6) is -1.68. The Labute approximate surface area is 120 Å². The zero-order valence-electron chi connectivity index (χ0n) is 12.1. The number of allylic oxidation sites excluding steroid dienone is 3. The van der Waals surface area contributed by atoms with E-state index in [0.29, 0.717) is 6.42 Å². The van der Waals surface area contributed by atoms with Crippen LogP contribution in [0.25, 0.3) is 0 Å². The molecule has 0 N–H and O–H groups in total. The highest BCUT2D eigenvalue weighted by Gasteiger charge is 2.35. The van der Waals surface area contributed by atoms with Crippen LogP contribution in [0.5, 0.6) is 0 Å². The zero-order chi connectivity index (χ0) is 14.8. The highest BCUT2D eigenvalue weighted by Crippen LogP contribution is 2.27. The molecular formula is C16H22O4. The summed E-state index contributed by atoms with van der Waals surface area (Å²) in [6.45, 7) is 4.20. The summed E-state index contributed by atoms with van der Waals surface area (Å²) >= 11 is 0. The van der Waals surface area contributed by atoms with Crippen LogP contribution in [0.1, 0.15) is 26.7 Å². The zero-order valence-corrected chi connectivity index (χ0v) is 12.1. The molecule has 2 atom stereocenters. The summed E-state index contributed by atoms with van der Waals surface area (Å²) in [6, 6.07) is 0. The monoisotopic (exact) mass is 278 g/mol. The van der Waals surface area contributed by atoms with Gasteiger partial charge >= 0.3 is 11.9 Å². The number of rotatable bonds is 6. The van der Waals surface area contributed by atoms with Crippen molar-refractivity contribution in [2.24, 2.45) is 11.8 Å². The first-order valence-electron chi connectivity index (χ1n) is 6.93. The number of ether oxygens (including phenoxy) is 2. The van der Waals surface area contributed by atoms with Gasteiger partial charge < -0.3 is 9.47 Å². The van der Waals surface area contributed by atoms with Gasteiger partial charge in [-0.25, -0.2) is 0 Å². The molecule has 1 rings (SSSR count). The van der Waals surface area contributed by atoms with Crippen LogP contribution in [0.15, 0.2) is 36.5 Å². The van der Waals surface area contributed by atoms with Crippen LogP contribution in [-0.4, -0.2) is 25.2 Å². The van der Waals surface area contributed by atoms with Gasteiger partial charge in [0.1, 0.15) is 13.2 Å². The number of carbonyl (C=O) groups is 2. The van der Waals surface area contributed by atoms with E-state index in [4.69, 9.17) is 9.47 Å². The van der Waals surface area contributed by atoms with E-state index >= 15 is 0 Å². The Hall–Kier alpha value is -1.84. The fourth-order valence-electron chi connectivity index (χ4n) is 2.00. The van der Waals surface area contributed by atoms with Gasteiger partial charge in [-0.1, -0.05) is 36.5 Å². The SMILES string of the molecule is C/C=C/COC(=O)C1C=CCCC1C(=O)OC/C=C/C. The molecular weight excluding hydrogens is 256 g/mol. The Morgan fingerprint density at radius 3 is 2.30 bits per heavy atom. The Morgan fingerprint density at radius 2 is 1.70 bits per heavy atom. The molecule has 0 fully saturated rings. The Bertz CT molecular complexity index is 407. The number of esters is 2. The highest BCUT2D eigenvalue weighted by molar-refractivity contribution is 5.84. The van der Waals surface area contributed by atoms with Crippen LogP contribution in [0.4, 0.5) is 0 Å². The summed E-state index contributed by atoms with van der Waals surface area (Å²) in [5.41, 5.74) is 0. The number of hydrogen-bond acceptors (Lipinski definition) is 4. The van der Waals surface area contributed by atoms with Gasteiger partial charge in [-0.2, -0.15) is 0 Å². The summed E-state index contributed by atoms with van der Waals surface area (Å²) in [7, 11) is 0. The molecule has 1 aliphatic rings. The van der Waals surface area contributed by atoms with Crippen LogP contribution >= 0.6 is 0 Å². The lowest BCUT2D eigenvalue weighted by Gasteiger charge is -2.24. The molecule has 0 spiro atoms. The first kappa shape index (κ1) is 16.2. The molecule has 0 aromatic rings. The van der Waals surface area contributed by atoms with E-state index in [0.717, 1.165) is 6.42 Å². The molecule has 4 nitrogen and oxygen atoms in total. The van der Waals surface area contributed by atoms with Crippen LogP contribution < -0.4 is 0 Å². The third-order valence-electron chi connectivity index (χ3n) is 3.11. The van der Waals surface area contributed by atoms with Gasteiger partial charge in [0.05, 0.1) is 11.8 Å². The van der Waals surface area contributed by atoms with E-state index in [-0.39, 0.29) is 25.2 Å². The second-order valence-electron chi connectivity index (χ2n) is 4.54. The molecule has 1 aliphatic carbocycles. The van der Waals surface area contributed by atoms with E-state index in [1.807, 2.05) is 32.1 Å². The molecule has 0 aromatic heterocycles. The summed E-state index contributed by atoms with van der Waals surface area (Å²) < 4.78 is 10.3. The summed E-state index contributed by atoms with van der Waals surface area (Å²) in [6.07, 6.45) is 12.2. The quantitative estimate of drug-likeness (QED) is 0.554. The number of carbonyl (C=O) groups excluding carboxylic acids is 2. The van der Waals surface area contributed by atoms with E-state index in [1.54, 1.807) is 18.2 Å². The maximum absolute atomic E-state index is 12.0. The fourth-order valence-corrected chi connectivity index (χ4v) is 2.00. The van der Waals surface area contributed by atoms with Gasteiger partial charge in [-0.3, -0.25) is 9.59 Å². The highest BCUT2D eigenvalue weighted by atomic mass is 16.5. The first-order chi connectivity index (χ1) is 9.70. The van der Waals surface area contributed by atoms with Gasteiger partial charge in [0.15, 0.2) is 0 Å². The minimum Gasteiger partial charge on any atom is -0.461 e. The average Bonchev–Trinajstić information content (AvgIpc) is 2.47. The lowest BCUT2D eigenvalue weighted by atomic mass is 9.84. The normalized spacial score (nSPS) is 22.3. The maximum atomic E-state index is 12.0. The average molecular weight is 278 g/mol. The smallest absolute Gasteiger partial charge is 0.313 e. The second kappa shape index (κ2) is 9.13. The fraction of sp³-hybridized carbons (Fsp3) is 0.500. The lowest BCUT2D eigenvalue weighted by molar-refractivity contribution is -0.158. The van der Waals surface area contributed by atoms with Crippen molar-refractivity contribution in [1.82, 2.24) is 0 Å². The third-order valence-corrected chi connectivity index (χ3v) is 3.11. The predicted molar refractivity (Wildman–Crippen MR) is 76.9 cm³/mol. The van der Waals surface area contributed by atoms with Gasteiger partial charge in [0, 0.05) is 0 Å². The number of hydrogen-bond donors (Lipinski definition) is 0. The maximum Gasteiger partial charge on any atom is 0.313 e.